The van der Waals surface area contributed by atoms with E-state index in [4.69, 9.17) is 4.74 Å². The molecular weight excluding hydrogens is 308 g/mol. The maximum absolute atomic E-state index is 11.6. The number of rotatable bonds is 8. The van der Waals surface area contributed by atoms with Gasteiger partial charge in [0, 0.05) is 25.4 Å². The number of urea groups is 1. The summed E-state index contributed by atoms with van der Waals surface area (Å²) in [5.74, 6) is -0.487. The lowest BCUT2D eigenvalue weighted by Crippen LogP contribution is -2.41. The Hall–Kier alpha value is -1.87. The minimum atomic E-state index is -0.580. The molecule has 3 amide bonds. The van der Waals surface area contributed by atoms with Crippen LogP contribution in [0.3, 0.4) is 0 Å². The quantitative estimate of drug-likeness (QED) is 0.359. The lowest BCUT2D eigenvalue weighted by molar-refractivity contribution is -0.117. The lowest BCUT2D eigenvalue weighted by atomic mass is 10.2. The lowest BCUT2D eigenvalue weighted by Gasteiger charge is -2.06. The molecule has 122 valence electrons. The Kier molecular flexibility index (Phi) is 8.23. The van der Waals surface area contributed by atoms with Crippen molar-refractivity contribution in [2.24, 2.45) is 0 Å². The number of aryl methyl sites for hydroxylation is 1. The van der Waals surface area contributed by atoms with E-state index < -0.39 is 11.9 Å². The Labute approximate surface area is 132 Å². The van der Waals surface area contributed by atoms with Crippen molar-refractivity contribution in [2.45, 2.75) is 24.9 Å². The largest absolute Gasteiger partial charge is 0.383 e. The van der Waals surface area contributed by atoms with Crippen LogP contribution in [-0.4, -0.2) is 47.9 Å². The number of aromatic amines is 1. The molecule has 1 aromatic rings. The zero-order valence-corrected chi connectivity index (χ0v) is 13.4. The summed E-state index contributed by atoms with van der Waals surface area (Å²) >= 11 is 1.07. The van der Waals surface area contributed by atoms with Gasteiger partial charge in [-0.25, -0.2) is 9.78 Å². The summed E-state index contributed by atoms with van der Waals surface area (Å²) in [6.45, 7) is 2.67. The van der Waals surface area contributed by atoms with Crippen molar-refractivity contribution < 1.29 is 14.3 Å². The number of nitrogens with zero attached hydrogens (tertiary/aromatic N) is 1. The minimum absolute atomic E-state index is 0.0176. The van der Waals surface area contributed by atoms with Gasteiger partial charge in [0.25, 0.3) is 5.56 Å². The Morgan fingerprint density at radius 2 is 2.23 bits per heavy atom. The van der Waals surface area contributed by atoms with Gasteiger partial charge < -0.3 is 15.0 Å². The average molecular weight is 328 g/mol. The molecule has 0 fully saturated rings. The minimum Gasteiger partial charge on any atom is -0.383 e. The Morgan fingerprint density at radius 1 is 1.45 bits per heavy atom. The molecule has 0 saturated carbocycles. The molecule has 22 heavy (non-hydrogen) atoms. The molecule has 0 aliphatic carbocycles. The van der Waals surface area contributed by atoms with Crippen LogP contribution < -0.4 is 16.2 Å². The second-order valence-corrected chi connectivity index (χ2v) is 5.34. The van der Waals surface area contributed by atoms with E-state index in [0.29, 0.717) is 30.4 Å². The van der Waals surface area contributed by atoms with E-state index in [1.54, 1.807) is 0 Å². The first kappa shape index (κ1) is 18.2. The number of imide groups is 1. The van der Waals surface area contributed by atoms with Crippen LogP contribution in [0.5, 0.6) is 0 Å². The predicted octanol–water partition coefficient (Wildman–Crippen LogP) is 0.287. The highest BCUT2D eigenvalue weighted by Crippen LogP contribution is 2.11. The molecule has 0 aliphatic rings. The van der Waals surface area contributed by atoms with Gasteiger partial charge in [0.2, 0.25) is 5.91 Å². The second-order valence-electron chi connectivity index (χ2n) is 4.38. The molecule has 3 N–H and O–H groups in total. The first-order valence-electron chi connectivity index (χ1n) is 6.84. The van der Waals surface area contributed by atoms with Crippen LogP contribution in [0.1, 0.15) is 19.0 Å². The van der Waals surface area contributed by atoms with Crippen LogP contribution >= 0.6 is 11.8 Å². The van der Waals surface area contributed by atoms with Gasteiger partial charge in [-0.1, -0.05) is 25.1 Å². The van der Waals surface area contributed by atoms with Crippen molar-refractivity contribution in [3.63, 3.8) is 0 Å². The first-order chi connectivity index (χ1) is 10.5. The molecule has 0 unspecified atom stereocenters. The third-order valence-corrected chi connectivity index (χ3v) is 3.34. The molecule has 0 spiro atoms. The smallest absolute Gasteiger partial charge is 0.321 e. The van der Waals surface area contributed by atoms with Crippen molar-refractivity contribution >= 4 is 23.7 Å². The number of H-pyrrole nitrogens is 1. The summed E-state index contributed by atoms with van der Waals surface area (Å²) in [5.41, 5.74) is 0.435. The van der Waals surface area contributed by atoms with Gasteiger partial charge in [-0.2, -0.15) is 0 Å². The van der Waals surface area contributed by atoms with Crippen LogP contribution in [0, 0.1) is 0 Å². The normalized spacial score (nSPS) is 10.3. The highest BCUT2D eigenvalue weighted by atomic mass is 32.2. The van der Waals surface area contributed by atoms with E-state index in [1.165, 1.54) is 13.2 Å². The van der Waals surface area contributed by atoms with Gasteiger partial charge in [-0.15, -0.1) is 0 Å². The first-order valence-corrected chi connectivity index (χ1v) is 7.83. The van der Waals surface area contributed by atoms with E-state index in [1.807, 2.05) is 6.92 Å². The summed E-state index contributed by atoms with van der Waals surface area (Å²) in [7, 11) is 1.52. The highest BCUT2D eigenvalue weighted by molar-refractivity contribution is 7.99. The molecule has 1 aromatic heterocycles. The standard InChI is InChI=1S/C13H20N4O4S/c1-3-4-9-7-10(18)17-13(15-9)22-8-11(19)16-12(20)14-5-6-21-2/h7H,3-6,8H2,1-2H3,(H,15,17,18)(H2,14,16,19,20). The van der Waals surface area contributed by atoms with E-state index in [-0.39, 0.29) is 11.3 Å². The van der Waals surface area contributed by atoms with Gasteiger partial charge in [0.05, 0.1) is 12.4 Å². The fourth-order valence-electron chi connectivity index (χ4n) is 1.54. The molecule has 0 aliphatic heterocycles. The SMILES string of the molecule is CCCc1cc(=O)[nH]c(SCC(=O)NC(=O)NCCOC)n1. The number of ether oxygens (including phenoxy) is 1. The summed E-state index contributed by atoms with van der Waals surface area (Å²) in [4.78, 5) is 41.2. The van der Waals surface area contributed by atoms with Crippen LogP contribution in [0.4, 0.5) is 4.79 Å². The number of hydrogen-bond acceptors (Lipinski definition) is 6. The molecule has 0 radical (unpaired) electrons. The maximum atomic E-state index is 11.6. The fraction of sp³-hybridized carbons (Fsp3) is 0.538. The number of carbonyl (C=O) groups excluding carboxylic acids is 2. The average Bonchev–Trinajstić information content (AvgIpc) is 2.45. The van der Waals surface area contributed by atoms with Gasteiger partial charge in [0.1, 0.15) is 0 Å². The summed E-state index contributed by atoms with van der Waals surface area (Å²) in [6, 6.07) is 0.862. The summed E-state index contributed by atoms with van der Waals surface area (Å²) < 4.78 is 4.77. The number of hydrogen-bond donors (Lipinski definition) is 3. The Morgan fingerprint density at radius 3 is 2.91 bits per heavy atom. The number of nitrogens with one attached hydrogen (secondary N) is 3. The maximum Gasteiger partial charge on any atom is 0.321 e. The molecule has 8 nitrogen and oxygen atoms in total. The monoisotopic (exact) mass is 328 g/mol. The van der Waals surface area contributed by atoms with Crippen molar-refractivity contribution in [2.75, 3.05) is 26.0 Å². The van der Waals surface area contributed by atoms with Crippen molar-refractivity contribution in [1.82, 2.24) is 20.6 Å². The zero-order valence-electron chi connectivity index (χ0n) is 12.6. The van der Waals surface area contributed by atoms with Crippen LogP contribution in [0.2, 0.25) is 0 Å². The Balaban J connectivity index is 2.43. The summed E-state index contributed by atoms with van der Waals surface area (Å²) in [5, 5.41) is 5.01. The van der Waals surface area contributed by atoms with E-state index in [2.05, 4.69) is 20.6 Å². The topological polar surface area (TPSA) is 113 Å². The van der Waals surface area contributed by atoms with Gasteiger partial charge in [0.15, 0.2) is 5.16 Å². The third kappa shape index (κ3) is 7.23. The van der Waals surface area contributed by atoms with Crippen molar-refractivity contribution in [3.8, 4) is 0 Å². The molecule has 0 aromatic carbocycles. The van der Waals surface area contributed by atoms with E-state index >= 15 is 0 Å². The number of amides is 3. The van der Waals surface area contributed by atoms with Crippen molar-refractivity contribution in [1.29, 1.82) is 0 Å². The van der Waals surface area contributed by atoms with E-state index in [9.17, 15) is 14.4 Å². The molecular formula is C13H20N4O4S. The number of aromatic nitrogens is 2. The van der Waals surface area contributed by atoms with Gasteiger partial charge in [-0.05, 0) is 6.42 Å². The summed E-state index contributed by atoms with van der Waals surface area (Å²) in [6.07, 6.45) is 1.58. The van der Waals surface area contributed by atoms with Gasteiger partial charge in [-0.3, -0.25) is 14.9 Å². The zero-order chi connectivity index (χ0) is 16.4. The van der Waals surface area contributed by atoms with Gasteiger partial charge >= 0.3 is 6.03 Å². The second kappa shape index (κ2) is 9.96. The number of carbonyl (C=O) groups is 2. The van der Waals surface area contributed by atoms with E-state index in [0.717, 1.165) is 18.2 Å². The van der Waals surface area contributed by atoms with Crippen LogP contribution in [0.25, 0.3) is 0 Å². The predicted molar refractivity (Wildman–Crippen MR) is 83.0 cm³/mol. The molecule has 1 heterocycles. The number of thioether (sulfide) groups is 1. The van der Waals surface area contributed by atoms with Crippen LogP contribution in [0.15, 0.2) is 16.0 Å². The molecule has 1 rings (SSSR count). The third-order valence-electron chi connectivity index (χ3n) is 2.46. The molecule has 0 atom stereocenters. The molecule has 9 heteroatoms. The number of methoxy groups -OCH3 is 1. The highest BCUT2D eigenvalue weighted by Gasteiger charge is 2.09. The Bertz CT molecular complexity index is 561. The molecule has 0 saturated heterocycles. The van der Waals surface area contributed by atoms with Crippen LogP contribution in [-0.2, 0) is 16.0 Å². The fourth-order valence-corrected chi connectivity index (χ4v) is 2.24. The van der Waals surface area contributed by atoms with Crippen molar-refractivity contribution in [3.05, 3.63) is 22.1 Å². The molecule has 0 bridgehead atoms.